The van der Waals surface area contributed by atoms with Crippen molar-refractivity contribution in [3.8, 4) is 17.3 Å². The molecule has 6 rings (SSSR count). The maximum absolute atomic E-state index is 13.5. The normalized spacial score (nSPS) is 23.9. The Balaban J connectivity index is 0.000000355. The van der Waals surface area contributed by atoms with Crippen molar-refractivity contribution in [3.05, 3.63) is 24.0 Å². The second-order valence-electron chi connectivity index (χ2n) is 9.43. The summed E-state index contributed by atoms with van der Waals surface area (Å²) in [5, 5.41) is 24.9. The fraction of sp³-hybridized carbons (Fsp3) is 0.478. The molecule has 2 atom stereocenters. The first-order valence-electron chi connectivity index (χ1n) is 11.6. The van der Waals surface area contributed by atoms with Crippen LogP contribution in [0, 0.1) is 28.6 Å². The number of pyridine rings is 1. The molecule has 194 valence electrons. The number of nitrogens with one attached hydrogen (secondary N) is 1. The van der Waals surface area contributed by atoms with Crippen LogP contribution in [-0.4, -0.2) is 62.5 Å². The van der Waals surface area contributed by atoms with Crippen molar-refractivity contribution in [2.45, 2.75) is 32.0 Å². The van der Waals surface area contributed by atoms with Gasteiger partial charge < -0.3 is 10.4 Å². The Labute approximate surface area is 212 Å². The number of amides is 1. The van der Waals surface area contributed by atoms with Crippen LogP contribution in [-0.2, 0) is 9.59 Å². The molecule has 14 heteroatoms. The minimum absolute atomic E-state index is 0.0233. The van der Waals surface area contributed by atoms with Crippen LogP contribution in [0.3, 0.4) is 0 Å². The van der Waals surface area contributed by atoms with Crippen LogP contribution in [0.5, 0.6) is 0 Å². The van der Waals surface area contributed by atoms with Gasteiger partial charge in [-0.1, -0.05) is 6.92 Å². The number of carbonyl (C=O) groups is 2. The quantitative estimate of drug-likeness (QED) is 0.522. The van der Waals surface area contributed by atoms with E-state index in [1.54, 1.807) is 10.4 Å². The Kier molecular flexibility index (Phi) is 6.15. The molecule has 3 fully saturated rings. The van der Waals surface area contributed by atoms with Crippen molar-refractivity contribution in [1.82, 2.24) is 25.1 Å². The van der Waals surface area contributed by atoms with Gasteiger partial charge in [0.15, 0.2) is 5.82 Å². The van der Waals surface area contributed by atoms with E-state index in [-0.39, 0.29) is 17.7 Å². The average molecular weight is 534 g/mol. The highest BCUT2D eigenvalue weighted by Gasteiger charge is 2.61. The molecule has 37 heavy (non-hydrogen) atoms. The highest BCUT2D eigenvalue weighted by molar-refractivity contribution is 7.17. The van der Waals surface area contributed by atoms with Gasteiger partial charge in [-0.3, -0.25) is 14.4 Å². The number of nitrogens with zero attached hydrogens (tertiary/aromatic N) is 6. The number of carbonyl (C=O) groups excluding carboxylic acids is 1. The van der Waals surface area contributed by atoms with E-state index in [2.05, 4.69) is 21.5 Å². The number of carboxylic acids is 1. The number of rotatable bonds is 4. The monoisotopic (exact) mass is 533 g/mol. The molecule has 2 saturated heterocycles. The lowest BCUT2D eigenvalue weighted by atomic mass is 9.75. The second kappa shape index (κ2) is 9.07. The van der Waals surface area contributed by atoms with E-state index in [0.29, 0.717) is 18.4 Å². The van der Waals surface area contributed by atoms with Crippen molar-refractivity contribution in [3.63, 3.8) is 0 Å². The summed E-state index contributed by atoms with van der Waals surface area (Å²) in [7, 11) is 0. The fourth-order valence-corrected chi connectivity index (χ4v) is 5.56. The minimum atomic E-state index is -5.08. The van der Waals surface area contributed by atoms with Gasteiger partial charge in [-0.05, 0) is 24.8 Å². The molecule has 2 aliphatic heterocycles. The molecule has 3 aromatic rings. The SMILES string of the molecule is C[C@@H]1CN(c2nc(-c3cnn(C4CNC4)c3)cc3ncsc23)C(=O)[C@]1(C#N)C1CC1.O=C(O)C(F)(F)F. The lowest BCUT2D eigenvalue weighted by Crippen LogP contribution is -2.43. The maximum Gasteiger partial charge on any atom is 0.490 e. The zero-order valence-corrected chi connectivity index (χ0v) is 20.4. The van der Waals surface area contributed by atoms with E-state index in [1.807, 2.05) is 30.1 Å². The molecule has 0 bridgehead atoms. The number of nitriles is 1. The fourth-order valence-electron chi connectivity index (χ4n) is 4.80. The zero-order valence-electron chi connectivity index (χ0n) is 19.6. The summed E-state index contributed by atoms with van der Waals surface area (Å²) >= 11 is 1.48. The van der Waals surface area contributed by atoms with Gasteiger partial charge in [0.1, 0.15) is 5.41 Å². The molecule has 2 N–H and O–H groups in total. The van der Waals surface area contributed by atoms with Crippen LogP contribution in [0.4, 0.5) is 19.0 Å². The standard InChI is InChI=1S/C21H21N7OS.C2HF3O2/c1-12-8-27(20(29)21(12,10-22)14-2-3-14)19-18-17(24-11-30-18)4-16(26-19)13-5-25-28(9-13)15-6-23-7-15;3-2(4,5)1(6)7/h4-5,9,11-12,14-15,23H,2-3,6-8H2,1H3;(H,6,7)/t12-,21+;/m1./s1. The van der Waals surface area contributed by atoms with E-state index in [1.165, 1.54) is 11.3 Å². The molecule has 0 aromatic carbocycles. The van der Waals surface area contributed by atoms with Crippen LogP contribution in [0.2, 0.25) is 0 Å². The molecule has 5 heterocycles. The number of halogens is 3. The number of fused-ring (bicyclic) bond motifs is 1. The number of hydrogen-bond donors (Lipinski definition) is 2. The van der Waals surface area contributed by atoms with E-state index >= 15 is 0 Å². The van der Waals surface area contributed by atoms with Gasteiger partial charge in [0, 0.05) is 37.3 Å². The zero-order chi connectivity index (χ0) is 26.5. The molecular weight excluding hydrogens is 511 g/mol. The summed E-state index contributed by atoms with van der Waals surface area (Å²) in [6.07, 6.45) is 0.654. The smallest absolute Gasteiger partial charge is 0.475 e. The van der Waals surface area contributed by atoms with Crippen molar-refractivity contribution in [2.75, 3.05) is 24.5 Å². The van der Waals surface area contributed by atoms with E-state index in [4.69, 9.17) is 14.9 Å². The average Bonchev–Trinajstić information content (AvgIpc) is 3.24. The highest BCUT2D eigenvalue weighted by Crippen LogP contribution is 2.55. The second-order valence-corrected chi connectivity index (χ2v) is 10.3. The van der Waals surface area contributed by atoms with Crippen LogP contribution in [0.1, 0.15) is 25.8 Å². The van der Waals surface area contributed by atoms with Crippen LogP contribution in [0.25, 0.3) is 21.5 Å². The van der Waals surface area contributed by atoms with Crippen molar-refractivity contribution in [2.24, 2.45) is 17.3 Å². The molecule has 0 radical (unpaired) electrons. The Morgan fingerprint density at radius 2 is 2.05 bits per heavy atom. The predicted molar refractivity (Wildman–Crippen MR) is 127 cm³/mol. The molecule has 1 amide bonds. The first-order valence-corrected chi connectivity index (χ1v) is 12.5. The summed E-state index contributed by atoms with van der Waals surface area (Å²) in [5.74, 6) is -2.09. The summed E-state index contributed by atoms with van der Waals surface area (Å²) in [6, 6.07) is 4.73. The lowest BCUT2D eigenvalue weighted by Gasteiger charge is -2.27. The number of alkyl halides is 3. The number of aliphatic carboxylic acids is 1. The summed E-state index contributed by atoms with van der Waals surface area (Å²) in [5.41, 5.74) is 3.34. The summed E-state index contributed by atoms with van der Waals surface area (Å²) in [6.45, 7) is 4.37. The Hall–Kier alpha value is -3.57. The van der Waals surface area contributed by atoms with Gasteiger partial charge in [0.2, 0.25) is 5.91 Å². The van der Waals surface area contributed by atoms with Gasteiger partial charge in [0.05, 0.1) is 39.7 Å². The van der Waals surface area contributed by atoms with Gasteiger partial charge in [-0.25, -0.2) is 14.8 Å². The lowest BCUT2D eigenvalue weighted by molar-refractivity contribution is -0.192. The van der Waals surface area contributed by atoms with Crippen LogP contribution >= 0.6 is 11.3 Å². The largest absolute Gasteiger partial charge is 0.490 e. The number of aromatic nitrogens is 4. The third-order valence-electron chi connectivity index (χ3n) is 7.07. The molecule has 3 aliphatic rings. The molecule has 3 aromatic heterocycles. The molecular formula is C23H22F3N7O3S. The molecule has 1 saturated carbocycles. The predicted octanol–water partition coefficient (Wildman–Crippen LogP) is 3.24. The summed E-state index contributed by atoms with van der Waals surface area (Å²) in [4.78, 5) is 33.6. The third-order valence-corrected chi connectivity index (χ3v) is 7.90. The summed E-state index contributed by atoms with van der Waals surface area (Å²) < 4.78 is 34.6. The van der Waals surface area contributed by atoms with Crippen LogP contribution in [0.15, 0.2) is 24.0 Å². The maximum atomic E-state index is 13.5. The third kappa shape index (κ3) is 4.31. The molecule has 0 spiro atoms. The Bertz CT molecular complexity index is 1410. The number of thiazole rings is 1. The van der Waals surface area contributed by atoms with E-state index < -0.39 is 17.6 Å². The Morgan fingerprint density at radius 3 is 2.62 bits per heavy atom. The molecule has 10 nitrogen and oxygen atoms in total. The van der Waals surface area contributed by atoms with Crippen LogP contribution < -0.4 is 10.2 Å². The van der Waals surface area contributed by atoms with Crippen molar-refractivity contribution in [1.29, 1.82) is 5.26 Å². The molecule has 0 unspecified atom stereocenters. The topological polar surface area (TPSA) is 137 Å². The van der Waals surface area contributed by atoms with Crippen molar-refractivity contribution < 1.29 is 27.9 Å². The van der Waals surface area contributed by atoms with Gasteiger partial charge in [0.25, 0.3) is 0 Å². The first kappa shape index (κ1) is 25.1. The van der Waals surface area contributed by atoms with Gasteiger partial charge in [-0.15, -0.1) is 11.3 Å². The van der Waals surface area contributed by atoms with Gasteiger partial charge in [-0.2, -0.15) is 23.5 Å². The first-order chi connectivity index (χ1) is 17.6. The van der Waals surface area contributed by atoms with E-state index in [0.717, 1.165) is 47.4 Å². The van der Waals surface area contributed by atoms with E-state index in [9.17, 15) is 23.2 Å². The van der Waals surface area contributed by atoms with Crippen molar-refractivity contribution >= 4 is 39.2 Å². The Morgan fingerprint density at radius 1 is 1.35 bits per heavy atom. The number of carboxylic acid groups (broad SMARTS) is 1. The molecule has 1 aliphatic carbocycles. The minimum Gasteiger partial charge on any atom is -0.475 e. The number of anilines is 1. The van der Waals surface area contributed by atoms with Gasteiger partial charge >= 0.3 is 12.1 Å². The number of hydrogen-bond acceptors (Lipinski definition) is 8. The highest BCUT2D eigenvalue weighted by atomic mass is 32.1.